The standard InChI is InChI=1S/C25H30N4O4/c1-16-8-17(2)12-26(11-16)22-7-6-19(10-23(22)29(32)33)25(31)27-13-18-9-20(15-27)21-4-3-5-24(30)28(21)14-18/h3-7,10,16-18,20H,8-9,11-15H2,1-2H3. The molecule has 8 heteroatoms. The fourth-order valence-electron chi connectivity index (χ4n) is 6.17. The van der Waals surface area contributed by atoms with E-state index in [0.29, 0.717) is 42.7 Å². The van der Waals surface area contributed by atoms with Gasteiger partial charge < -0.3 is 14.4 Å². The van der Waals surface area contributed by atoms with Crippen LogP contribution >= 0.6 is 0 Å². The Morgan fingerprint density at radius 3 is 2.48 bits per heavy atom. The van der Waals surface area contributed by atoms with Crippen molar-refractivity contribution in [2.45, 2.75) is 39.2 Å². The van der Waals surface area contributed by atoms with Crippen LogP contribution in [0.4, 0.5) is 11.4 Å². The van der Waals surface area contributed by atoms with Gasteiger partial charge in [0.1, 0.15) is 5.69 Å². The zero-order valence-electron chi connectivity index (χ0n) is 19.1. The van der Waals surface area contributed by atoms with E-state index < -0.39 is 0 Å². The predicted octanol–water partition coefficient (Wildman–Crippen LogP) is 3.50. The minimum Gasteiger partial charge on any atom is -0.365 e. The highest BCUT2D eigenvalue weighted by Gasteiger charge is 2.37. The molecule has 5 rings (SSSR count). The first kappa shape index (κ1) is 21.7. The predicted molar refractivity (Wildman–Crippen MR) is 126 cm³/mol. The van der Waals surface area contributed by atoms with Gasteiger partial charge >= 0.3 is 0 Å². The third kappa shape index (κ3) is 4.03. The quantitative estimate of drug-likeness (QED) is 0.528. The zero-order valence-corrected chi connectivity index (χ0v) is 19.1. The van der Waals surface area contributed by atoms with Crippen LogP contribution in [-0.2, 0) is 6.54 Å². The van der Waals surface area contributed by atoms with Crippen LogP contribution in [0.25, 0.3) is 0 Å². The van der Waals surface area contributed by atoms with E-state index in [1.807, 2.05) is 15.5 Å². The number of fused-ring (bicyclic) bond motifs is 4. The molecule has 33 heavy (non-hydrogen) atoms. The second-order valence-electron chi connectivity index (χ2n) is 10.2. The van der Waals surface area contributed by atoms with E-state index in [9.17, 15) is 19.7 Å². The zero-order chi connectivity index (χ0) is 23.3. The molecule has 2 aromatic rings. The van der Waals surface area contributed by atoms with Crippen molar-refractivity contribution < 1.29 is 9.72 Å². The highest BCUT2D eigenvalue weighted by molar-refractivity contribution is 5.96. The van der Waals surface area contributed by atoms with Crippen molar-refractivity contribution in [2.75, 3.05) is 31.1 Å². The Hall–Kier alpha value is -3.16. The molecular formula is C25H30N4O4. The fourth-order valence-corrected chi connectivity index (χ4v) is 6.17. The molecule has 8 nitrogen and oxygen atoms in total. The van der Waals surface area contributed by atoms with E-state index in [2.05, 4.69) is 18.7 Å². The summed E-state index contributed by atoms with van der Waals surface area (Å²) in [4.78, 5) is 41.1. The Balaban J connectivity index is 1.41. The monoisotopic (exact) mass is 450 g/mol. The Morgan fingerprint density at radius 2 is 1.76 bits per heavy atom. The third-order valence-corrected chi connectivity index (χ3v) is 7.40. The molecule has 0 aliphatic carbocycles. The van der Waals surface area contributed by atoms with Gasteiger partial charge in [-0.2, -0.15) is 0 Å². The summed E-state index contributed by atoms with van der Waals surface area (Å²) in [7, 11) is 0. The average Bonchev–Trinajstić information content (AvgIpc) is 2.78. The number of nitro benzene ring substituents is 1. The first-order valence-corrected chi connectivity index (χ1v) is 11.8. The fraction of sp³-hybridized carbons (Fsp3) is 0.520. The third-order valence-electron chi connectivity index (χ3n) is 7.40. The number of carbonyl (C=O) groups excluding carboxylic acids is 1. The number of benzene rings is 1. The summed E-state index contributed by atoms with van der Waals surface area (Å²) in [6.45, 7) is 7.61. The van der Waals surface area contributed by atoms with E-state index in [4.69, 9.17) is 0 Å². The van der Waals surface area contributed by atoms with E-state index >= 15 is 0 Å². The summed E-state index contributed by atoms with van der Waals surface area (Å²) in [6, 6.07) is 10.3. The SMILES string of the molecule is CC1CC(C)CN(c2ccc(C(=O)N3CC4CC(C3)c3cccc(=O)n3C4)cc2[N+](=O)[O-])C1. The molecule has 3 aliphatic rings. The molecule has 2 fully saturated rings. The Labute approximate surface area is 193 Å². The number of carbonyl (C=O) groups is 1. The number of hydrogen-bond acceptors (Lipinski definition) is 5. The number of nitro groups is 1. The molecule has 4 atom stereocenters. The van der Waals surface area contributed by atoms with Crippen LogP contribution in [0.2, 0.25) is 0 Å². The van der Waals surface area contributed by atoms with Crippen molar-refractivity contribution >= 4 is 17.3 Å². The minimum absolute atomic E-state index is 0.00347. The smallest absolute Gasteiger partial charge is 0.293 e. The van der Waals surface area contributed by atoms with Crippen molar-refractivity contribution in [2.24, 2.45) is 17.8 Å². The normalized spacial score (nSPS) is 26.6. The van der Waals surface area contributed by atoms with Gasteiger partial charge in [0.25, 0.3) is 17.2 Å². The largest absolute Gasteiger partial charge is 0.365 e. The number of aromatic nitrogens is 1. The summed E-state index contributed by atoms with van der Waals surface area (Å²) in [5, 5.41) is 11.9. The van der Waals surface area contributed by atoms with Crippen LogP contribution in [-0.4, -0.2) is 46.5 Å². The summed E-state index contributed by atoms with van der Waals surface area (Å²) in [6.07, 6.45) is 2.07. The van der Waals surface area contributed by atoms with Crippen LogP contribution < -0.4 is 10.5 Å². The highest BCUT2D eigenvalue weighted by Crippen LogP contribution is 2.37. The number of pyridine rings is 1. The molecule has 4 heterocycles. The lowest BCUT2D eigenvalue weighted by atomic mass is 9.83. The molecule has 4 unspecified atom stereocenters. The molecule has 1 aromatic heterocycles. The van der Waals surface area contributed by atoms with Gasteiger partial charge in [-0.05, 0) is 48.8 Å². The molecule has 2 bridgehead atoms. The minimum atomic E-state index is -0.371. The highest BCUT2D eigenvalue weighted by atomic mass is 16.6. The van der Waals surface area contributed by atoms with Gasteiger partial charge in [0.05, 0.1) is 4.92 Å². The number of likely N-dealkylation sites (tertiary alicyclic amines) is 1. The van der Waals surface area contributed by atoms with E-state index in [1.165, 1.54) is 6.07 Å². The molecule has 0 radical (unpaired) electrons. The van der Waals surface area contributed by atoms with Crippen molar-refractivity contribution in [3.05, 3.63) is 68.1 Å². The maximum absolute atomic E-state index is 13.4. The number of piperidine rings is 2. The van der Waals surface area contributed by atoms with E-state index in [1.54, 1.807) is 24.3 Å². The summed E-state index contributed by atoms with van der Waals surface area (Å²) < 4.78 is 1.83. The van der Waals surface area contributed by atoms with Crippen molar-refractivity contribution in [3.8, 4) is 0 Å². The van der Waals surface area contributed by atoms with Gasteiger partial charge in [-0.15, -0.1) is 0 Å². The molecule has 0 N–H and O–H groups in total. The number of rotatable bonds is 3. The van der Waals surface area contributed by atoms with Gasteiger partial charge in [-0.25, -0.2) is 0 Å². The van der Waals surface area contributed by atoms with Crippen LogP contribution in [0, 0.1) is 27.9 Å². The summed E-state index contributed by atoms with van der Waals surface area (Å²) in [5.41, 5.74) is 1.93. The first-order valence-electron chi connectivity index (χ1n) is 11.8. The Kier molecular flexibility index (Phi) is 5.46. The molecule has 3 aliphatic heterocycles. The number of hydrogen-bond donors (Lipinski definition) is 0. The topological polar surface area (TPSA) is 88.7 Å². The van der Waals surface area contributed by atoms with Crippen molar-refractivity contribution in [1.29, 1.82) is 0 Å². The average molecular weight is 451 g/mol. The van der Waals surface area contributed by atoms with Gasteiger partial charge in [0.2, 0.25) is 0 Å². The van der Waals surface area contributed by atoms with Crippen LogP contribution in [0.1, 0.15) is 48.7 Å². The van der Waals surface area contributed by atoms with Gasteiger partial charge in [-0.3, -0.25) is 19.7 Å². The van der Waals surface area contributed by atoms with Gasteiger partial charge in [0.15, 0.2) is 0 Å². The Morgan fingerprint density at radius 1 is 1.00 bits per heavy atom. The maximum atomic E-state index is 13.4. The van der Waals surface area contributed by atoms with Gasteiger partial charge in [0, 0.05) is 62.0 Å². The lowest BCUT2D eigenvalue weighted by molar-refractivity contribution is -0.384. The van der Waals surface area contributed by atoms with Gasteiger partial charge in [-0.1, -0.05) is 19.9 Å². The number of nitrogens with zero attached hydrogens (tertiary/aromatic N) is 4. The van der Waals surface area contributed by atoms with Crippen LogP contribution in [0.3, 0.4) is 0 Å². The number of anilines is 1. The molecule has 0 spiro atoms. The van der Waals surface area contributed by atoms with E-state index in [-0.39, 0.29) is 33.9 Å². The second kappa shape index (κ2) is 8.32. The first-order chi connectivity index (χ1) is 15.8. The second-order valence-corrected chi connectivity index (χ2v) is 10.2. The summed E-state index contributed by atoms with van der Waals surface area (Å²) in [5.74, 6) is 1.09. The van der Waals surface area contributed by atoms with Crippen LogP contribution in [0.15, 0.2) is 41.2 Å². The lowest BCUT2D eigenvalue weighted by Crippen LogP contribution is -2.49. The van der Waals surface area contributed by atoms with Crippen molar-refractivity contribution in [1.82, 2.24) is 9.47 Å². The molecule has 174 valence electrons. The molecule has 1 amide bonds. The molecule has 0 saturated carbocycles. The Bertz CT molecular complexity index is 1150. The molecule has 2 saturated heterocycles. The molecular weight excluding hydrogens is 420 g/mol. The van der Waals surface area contributed by atoms with Crippen LogP contribution in [0.5, 0.6) is 0 Å². The lowest BCUT2D eigenvalue weighted by Gasteiger charge is -2.42. The maximum Gasteiger partial charge on any atom is 0.293 e. The molecule has 1 aromatic carbocycles. The summed E-state index contributed by atoms with van der Waals surface area (Å²) >= 11 is 0. The van der Waals surface area contributed by atoms with Crippen molar-refractivity contribution in [3.63, 3.8) is 0 Å². The van der Waals surface area contributed by atoms with E-state index in [0.717, 1.165) is 31.6 Å². The number of amides is 1.